The van der Waals surface area contributed by atoms with Gasteiger partial charge in [0.1, 0.15) is 0 Å². The molecular weight excluding hydrogens is 322 g/mol. The highest BCUT2D eigenvalue weighted by Gasteiger charge is 2.55. The molecule has 1 aromatic rings. The maximum atomic E-state index is 13.9. The number of hydrogen-bond acceptors (Lipinski definition) is 2. The molecule has 1 amide bonds. The van der Waals surface area contributed by atoms with Gasteiger partial charge in [-0.3, -0.25) is 9.59 Å². The Hall–Kier alpha value is -1.64. The molecule has 0 spiro atoms. The number of ketones is 1. The number of aryl methyl sites for hydroxylation is 2. The summed E-state index contributed by atoms with van der Waals surface area (Å²) in [6, 6.07) is 2.04. The molecule has 5 rings (SSSR count). The summed E-state index contributed by atoms with van der Waals surface area (Å²) in [6.07, 6.45) is 7.22. The van der Waals surface area contributed by atoms with Crippen LogP contribution in [0, 0.1) is 43.9 Å². The first-order valence-corrected chi connectivity index (χ1v) is 10.1. The largest absolute Gasteiger partial charge is 0.345 e. The van der Waals surface area contributed by atoms with E-state index in [1.165, 1.54) is 19.3 Å². The minimum Gasteiger partial charge on any atom is -0.345 e. The van der Waals surface area contributed by atoms with Crippen molar-refractivity contribution in [2.75, 3.05) is 14.1 Å². The molecular formula is C23H31NO2. The molecule has 0 aromatic heterocycles. The maximum Gasteiger partial charge on any atom is 0.253 e. The zero-order chi connectivity index (χ0) is 18.8. The van der Waals surface area contributed by atoms with Crippen LogP contribution in [-0.4, -0.2) is 30.7 Å². The minimum atomic E-state index is -0.155. The van der Waals surface area contributed by atoms with Crippen LogP contribution in [0.5, 0.6) is 0 Å². The van der Waals surface area contributed by atoms with Gasteiger partial charge in [0.25, 0.3) is 5.91 Å². The number of amides is 1. The van der Waals surface area contributed by atoms with Gasteiger partial charge in [-0.25, -0.2) is 0 Å². The van der Waals surface area contributed by atoms with Gasteiger partial charge in [0.15, 0.2) is 5.78 Å². The lowest BCUT2D eigenvalue weighted by atomic mass is 9.48. The van der Waals surface area contributed by atoms with Crippen LogP contribution in [0.3, 0.4) is 0 Å². The van der Waals surface area contributed by atoms with Gasteiger partial charge in [-0.2, -0.15) is 0 Å². The van der Waals surface area contributed by atoms with Crippen molar-refractivity contribution >= 4 is 11.7 Å². The average molecular weight is 354 g/mol. The third-order valence-electron chi connectivity index (χ3n) is 7.34. The van der Waals surface area contributed by atoms with Crippen molar-refractivity contribution in [2.45, 2.75) is 59.3 Å². The van der Waals surface area contributed by atoms with Crippen LogP contribution in [0.15, 0.2) is 6.07 Å². The molecule has 1 aromatic carbocycles. The number of Topliss-reactive ketones (excluding diaryl/α,β-unsaturated/α-hetero) is 1. The van der Waals surface area contributed by atoms with Gasteiger partial charge in [0, 0.05) is 30.6 Å². The fraction of sp³-hybridized carbons (Fsp3) is 0.652. The molecule has 3 heteroatoms. The molecule has 4 saturated carbocycles. The molecule has 140 valence electrons. The lowest BCUT2D eigenvalue weighted by Crippen LogP contribution is -2.50. The van der Waals surface area contributed by atoms with Crippen molar-refractivity contribution in [3.63, 3.8) is 0 Å². The van der Waals surface area contributed by atoms with Crippen LogP contribution < -0.4 is 0 Å². The highest BCUT2D eigenvalue weighted by atomic mass is 16.2. The van der Waals surface area contributed by atoms with E-state index in [1.54, 1.807) is 19.0 Å². The molecule has 0 N–H and O–H groups in total. The molecule has 4 fully saturated rings. The summed E-state index contributed by atoms with van der Waals surface area (Å²) < 4.78 is 0. The normalized spacial score (nSPS) is 32.0. The van der Waals surface area contributed by atoms with Crippen molar-refractivity contribution in [2.24, 2.45) is 23.2 Å². The molecule has 0 unspecified atom stereocenters. The first-order chi connectivity index (χ1) is 12.2. The molecule has 3 nitrogen and oxygen atoms in total. The average Bonchev–Trinajstić information content (AvgIpc) is 2.52. The summed E-state index contributed by atoms with van der Waals surface area (Å²) in [5, 5.41) is 0. The summed E-state index contributed by atoms with van der Waals surface area (Å²) in [7, 11) is 3.56. The lowest BCUT2D eigenvalue weighted by Gasteiger charge is -2.56. The Balaban J connectivity index is 1.79. The predicted molar refractivity (Wildman–Crippen MR) is 104 cm³/mol. The van der Waals surface area contributed by atoms with Crippen molar-refractivity contribution in [1.29, 1.82) is 0 Å². The smallest absolute Gasteiger partial charge is 0.253 e. The minimum absolute atomic E-state index is 0.000405. The van der Waals surface area contributed by atoms with Gasteiger partial charge in [0.05, 0.1) is 0 Å². The fourth-order valence-electron chi connectivity index (χ4n) is 6.74. The molecule has 4 bridgehead atoms. The first kappa shape index (κ1) is 17.8. The van der Waals surface area contributed by atoms with Crippen LogP contribution in [0.25, 0.3) is 0 Å². The topological polar surface area (TPSA) is 37.4 Å². The Morgan fingerprint density at radius 2 is 1.35 bits per heavy atom. The quantitative estimate of drug-likeness (QED) is 0.738. The van der Waals surface area contributed by atoms with Crippen LogP contribution >= 0.6 is 0 Å². The van der Waals surface area contributed by atoms with E-state index in [1.807, 2.05) is 26.8 Å². The molecule has 0 heterocycles. The summed E-state index contributed by atoms with van der Waals surface area (Å²) >= 11 is 0. The van der Waals surface area contributed by atoms with E-state index in [-0.39, 0.29) is 11.3 Å². The summed E-state index contributed by atoms with van der Waals surface area (Å²) in [5.74, 6) is 2.58. The molecule has 4 aliphatic carbocycles. The maximum absolute atomic E-state index is 13.9. The van der Waals surface area contributed by atoms with Gasteiger partial charge in [-0.05, 0) is 93.7 Å². The van der Waals surface area contributed by atoms with E-state index in [0.717, 1.165) is 59.3 Å². The monoisotopic (exact) mass is 353 g/mol. The summed E-state index contributed by atoms with van der Waals surface area (Å²) in [4.78, 5) is 28.2. The van der Waals surface area contributed by atoms with Crippen molar-refractivity contribution in [3.05, 3.63) is 33.9 Å². The van der Waals surface area contributed by atoms with Crippen molar-refractivity contribution in [3.8, 4) is 0 Å². The van der Waals surface area contributed by atoms with E-state index in [2.05, 4.69) is 0 Å². The number of benzene rings is 1. The highest BCUT2D eigenvalue weighted by molar-refractivity contribution is 6.07. The Morgan fingerprint density at radius 3 is 1.81 bits per heavy atom. The zero-order valence-electron chi connectivity index (χ0n) is 16.8. The van der Waals surface area contributed by atoms with Gasteiger partial charge in [0.2, 0.25) is 0 Å². The van der Waals surface area contributed by atoms with Gasteiger partial charge in [-0.15, -0.1) is 0 Å². The van der Waals surface area contributed by atoms with E-state index < -0.39 is 0 Å². The fourth-order valence-corrected chi connectivity index (χ4v) is 6.74. The second kappa shape index (κ2) is 5.94. The number of hydrogen-bond donors (Lipinski definition) is 0. The third kappa shape index (κ3) is 2.54. The van der Waals surface area contributed by atoms with E-state index in [9.17, 15) is 9.59 Å². The molecule has 0 radical (unpaired) electrons. The van der Waals surface area contributed by atoms with Gasteiger partial charge in [-0.1, -0.05) is 6.07 Å². The Morgan fingerprint density at radius 1 is 0.885 bits per heavy atom. The SMILES string of the molecule is Cc1cc(C)c(C(=O)C23CC4CC(CC(C4)C2)C3)c(C)c1C(=O)N(C)C. The Bertz CT molecular complexity index is 755. The van der Waals surface area contributed by atoms with Crippen molar-refractivity contribution < 1.29 is 9.59 Å². The third-order valence-corrected chi connectivity index (χ3v) is 7.34. The second-order valence-corrected chi connectivity index (χ2v) is 9.61. The second-order valence-electron chi connectivity index (χ2n) is 9.61. The number of nitrogens with zero attached hydrogens (tertiary/aromatic N) is 1. The van der Waals surface area contributed by atoms with Crippen LogP contribution in [0.2, 0.25) is 0 Å². The van der Waals surface area contributed by atoms with E-state index in [0.29, 0.717) is 11.3 Å². The Kier molecular flexibility index (Phi) is 4.05. The molecule has 26 heavy (non-hydrogen) atoms. The Labute approximate surface area is 157 Å². The predicted octanol–water partition coefficient (Wildman–Crippen LogP) is 4.71. The lowest BCUT2D eigenvalue weighted by molar-refractivity contribution is -0.0353. The molecule has 0 aliphatic heterocycles. The van der Waals surface area contributed by atoms with Gasteiger partial charge >= 0.3 is 0 Å². The standard InChI is InChI=1S/C23H31NO2/c1-13-6-14(2)20(22(26)24(4)5)15(3)19(13)21(25)23-10-16-7-17(11-23)9-18(8-16)12-23/h6,16-18H,7-12H2,1-5H3. The van der Waals surface area contributed by atoms with Crippen LogP contribution in [0.4, 0.5) is 0 Å². The number of carbonyl (C=O) groups is 2. The zero-order valence-corrected chi connectivity index (χ0v) is 16.8. The van der Waals surface area contributed by atoms with Crippen LogP contribution in [0.1, 0.15) is 75.9 Å². The number of carbonyl (C=O) groups excluding carboxylic acids is 2. The molecule has 0 saturated heterocycles. The van der Waals surface area contributed by atoms with E-state index in [4.69, 9.17) is 0 Å². The summed E-state index contributed by atoms with van der Waals surface area (Å²) in [5.41, 5.74) is 4.30. The van der Waals surface area contributed by atoms with E-state index >= 15 is 0 Å². The van der Waals surface area contributed by atoms with Crippen molar-refractivity contribution in [1.82, 2.24) is 4.90 Å². The summed E-state index contributed by atoms with van der Waals surface area (Å²) in [6.45, 7) is 6.00. The number of rotatable bonds is 3. The molecule has 0 atom stereocenters. The molecule has 4 aliphatic rings. The van der Waals surface area contributed by atoms with Gasteiger partial charge < -0.3 is 4.90 Å². The van der Waals surface area contributed by atoms with Crippen LogP contribution in [-0.2, 0) is 0 Å². The first-order valence-electron chi connectivity index (χ1n) is 10.1. The highest BCUT2D eigenvalue weighted by Crippen LogP contribution is 2.61.